The minimum Gasteiger partial charge on any atom is -0.493 e. The summed E-state index contributed by atoms with van der Waals surface area (Å²) in [5, 5.41) is 0.471. The number of aromatic amines is 1. The van der Waals surface area contributed by atoms with Crippen molar-refractivity contribution in [3.8, 4) is 34.1 Å². The summed E-state index contributed by atoms with van der Waals surface area (Å²) in [6.45, 7) is 1.95. The van der Waals surface area contributed by atoms with Crippen LogP contribution >= 0.6 is 11.6 Å². The van der Waals surface area contributed by atoms with E-state index < -0.39 is 0 Å². The van der Waals surface area contributed by atoms with E-state index in [0.717, 1.165) is 22.5 Å². The van der Waals surface area contributed by atoms with Crippen molar-refractivity contribution in [2.45, 2.75) is 6.92 Å². The lowest BCUT2D eigenvalue weighted by molar-refractivity contribution is 0.355. The highest BCUT2D eigenvalue weighted by atomic mass is 35.5. The van der Waals surface area contributed by atoms with Crippen LogP contribution in [0.2, 0.25) is 5.02 Å². The molecule has 3 rings (SSSR count). The number of halogens is 1. The summed E-state index contributed by atoms with van der Waals surface area (Å²) in [5.41, 5.74) is 3.62. The number of aryl methyl sites for hydroxylation is 1. The van der Waals surface area contributed by atoms with Gasteiger partial charge in [-0.05, 0) is 31.2 Å². The predicted molar refractivity (Wildman–Crippen MR) is 90.1 cm³/mol. The molecule has 2 aromatic heterocycles. The van der Waals surface area contributed by atoms with Gasteiger partial charge in [-0.15, -0.1) is 0 Å². The molecule has 0 amide bonds. The lowest BCUT2D eigenvalue weighted by atomic mass is 10.2. The van der Waals surface area contributed by atoms with Gasteiger partial charge in [-0.3, -0.25) is 4.98 Å². The quantitative estimate of drug-likeness (QED) is 0.782. The van der Waals surface area contributed by atoms with Crippen molar-refractivity contribution in [3.05, 3.63) is 47.4 Å². The van der Waals surface area contributed by atoms with Gasteiger partial charge in [-0.25, -0.2) is 4.98 Å². The minimum atomic E-state index is 0.471. The maximum atomic E-state index is 6.27. The lowest BCUT2D eigenvalue weighted by Gasteiger charge is -2.10. The number of H-pyrrole nitrogens is 1. The van der Waals surface area contributed by atoms with Gasteiger partial charge in [0.1, 0.15) is 5.82 Å². The number of benzene rings is 1. The molecule has 0 atom stereocenters. The molecule has 0 unspecified atom stereocenters. The third kappa shape index (κ3) is 2.87. The van der Waals surface area contributed by atoms with E-state index in [4.69, 9.17) is 21.1 Å². The number of nitrogens with zero attached hydrogens (tertiary/aromatic N) is 2. The molecule has 2 heterocycles. The van der Waals surface area contributed by atoms with Gasteiger partial charge >= 0.3 is 0 Å². The van der Waals surface area contributed by atoms with Crippen LogP contribution in [0.1, 0.15) is 5.69 Å². The maximum absolute atomic E-state index is 6.27. The molecular formula is C17H16ClN3O2. The molecule has 5 nitrogen and oxygen atoms in total. The molecule has 0 radical (unpaired) electrons. The van der Waals surface area contributed by atoms with E-state index in [0.29, 0.717) is 22.3 Å². The van der Waals surface area contributed by atoms with Crippen LogP contribution in [0.15, 0.2) is 36.7 Å². The van der Waals surface area contributed by atoms with Gasteiger partial charge in [0.05, 0.1) is 30.6 Å². The molecule has 0 aliphatic carbocycles. The average molecular weight is 330 g/mol. The summed E-state index contributed by atoms with van der Waals surface area (Å²) in [4.78, 5) is 12.1. The molecule has 23 heavy (non-hydrogen) atoms. The van der Waals surface area contributed by atoms with Crippen LogP contribution in [0, 0.1) is 6.92 Å². The SMILES string of the molecule is COc1cc(-c2nc(C)c(-c3cccnc3)[nH]2)cc(Cl)c1OC. The summed E-state index contributed by atoms with van der Waals surface area (Å²) in [6.07, 6.45) is 3.54. The van der Waals surface area contributed by atoms with Gasteiger partial charge in [-0.1, -0.05) is 11.6 Å². The van der Waals surface area contributed by atoms with Crippen LogP contribution in [-0.2, 0) is 0 Å². The smallest absolute Gasteiger partial charge is 0.179 e. The summed E-state index contributed by atoms with van der Waals surface area (Å²) in [5.74, 6) is 1.78. The number of pyridine rings is 1. The van der Waals surface area contributed by atoms with Gasteiger partial charge in [0.25, 0.3) is 0 Å². The molecule has 3 aromatic rings. The van der Waals surface area contributed by atoms with Gasteiger partial charge in [0.2, 0.25) is 0 Å². The Morgan fingerprint density at radius 1 is 1.13 bits per heavy atom. The van der Waals surface area contributed by atoms with E-state index in [1.807, 2.05) is 25.1 Å². The monoisotopic (exact) mass is 329 g/mol. The molecule has 0 saturated carbocycles. The fourth-order valence-corrected chi connectivity index (χ4v) is 2.73. The van der Waals surface area contributed by atoms with Crippen molar-refractivity contribution in [1.82, 2.24) is 15.0 Å². The van der Waals surface area contributed by atoms with E-state index in [9.17, 15) is 0 Å². The van der Waals surface area contributed by atoms with Crippen LogP contribution in [0.5, 0.6) is 11.5 Å². The summed E-state index contributed by atoms with van der Waals surface area (Å²) < 4.78 is 10.6. The second-order valence-corrected chi connectivity index (χ2v) is 5.39. The lowest BCUT2D eigenvalue weighted by Crippen LogP contribution is -1.93. The fraction of sp³-hybridized carbons (Fsp3) is 0.176. The van der Waals surface area contributed by atoms with E-state index in [1.165, 1.54) is 0 Å². The van der Waals surface area contributed by atoms with Crippen LogP contribution < -0.4 is 9.47 Å². The Hall–Kier alpha value is -2.53. The van der Waals surface area contributed by atoms with E-state index in [-0.39, 0.29) is 0 Å². The predicted octanol–water partition coefficient (Wildman–Crippen LogP) is 4.12. The van der Waals surface area contributed by atoms with Crippen molar-refractivity contribution in [3.63, 3.8) is 0 Å². The van der Waals surface area contributed by atoms with Crippen LogP contribution in [-0.4, -0.2) is 29.2 Å². The average Bonchev–Trinajstić information content (AvgIpc) is 2.96. The van der Waals surface area contributed by atoms with E-state index in [2.05, 4.69) is 15.0 Å². The Morgan fingerprint density at radius 2 is 1.96 bits per heavy atom. The molecule has 1 aromatic carbocycles. The van der Waals surface area contributed by atoms with Gasteiger partial charge in [-0.2, -0.15) is 0 Å². The number of rotatable bonds is 4. The largest absolute Gasteiger partial charge is 0.493 e. The van der Waals surface area contributed by atoms with Gasteiger partial charge in [0, 0.05) is 23.5 Å². The van der Waals surface area contributed by atoms with Gasteiger partial charge < -0.3 is 14.5 Å². The number of hydrogen-bond donors (Lipinski definition) is 1. The second-order valence-electron chi connectivity index (χ2n) is 4.98. The number of imidazole rings is 1. The zero-order valence-corrected chi connectivity index (χ0v) is 13.8. The Morgan fingerprint density at radius 3 is 2.61 bits per heavy atom. The number of hydrogen-bond acceptors (Lipinski definition) is 4. The highest BCUT2D eigenvalue weighted by Crippen LogP contribution is 2.39. The molecule has 0 aliphatic rings. The number of aromatic nitrogens is 3. The molecule has 6 heteroatoms. The summed E-state index contributed by atoms with van der Waals surface area (Å²) in [7, 11) is 3.13. The van der Waals surface area contributed by atoms with Crippen LogP contribution in [0.3, 0.4) is 0 Å². The topological polar surface area (TPSA) is 60.0 Å². The first kappa shape index (κ1) is 15.4. The normalized spacial score (nSPS) is 10.6. The second kappa shape index (κ2) is 6.30. The first-order chi connectivity index (χ1) is 11.1. The van der Waals surface area contributed by atoms with Crippen LogP contribution in [0.4, 0.5) is 0 Å². The van der Waals surface area contributed by atoms with E-state index in [1.54, 1.807) is 32.7 Å². The van der Waals surface area contributed by atoms with Crippen molar-refractivity contribution in [1.29, 1.82) is 0 Å². The van der Waals surface area contributed by atoms with Crippen molar-refractivity contribution in [2.75, 3.05) is 14.2 Å². The summed E-state index contributed by atoms with van der Waals surface area (Å²) in [6, 6.07) is 7.52. The van der Waals surface area contributed by atoms with E-state index >= 15 is 0 Å². The number of ether oxygens (including phenoxy) is 2. The molecule has 0 bridgehead atoms. The number of nitrogens with one attached hydrogen (secondary N) is 1. The molecule has 118 valence electrons. The minimum absolute atomic E-state index is 0.471. The standard InChI is InChI=1S/C17H16ClN3O2/c1-10-15(11-5-4-6-19-9-11)21-17(20-10)12-7-13(18)16(23-3)14(8-12)22-2/h4-9H,1-3H3,(H,20,21). The Bertz CT molecular complexity index is 831. The fourth-order valence-electron chi connectivity index (χ4n) is 2.44. The first-order valence-electron chi connectivity index (χ1n) is 7.03. The molecule has 0 fully saturated rings. The van der Waals surface area contributed by atoms with Crippen molar-refractivity contribution >= 4 is 11.6 Å². The first-order valence-corrected chi connectivity index (χ1v) is 7.40. The molecule has 1 N–H and O–H groups in total. The Labute approximate surface area is 139 Å². The summed E-state index contributed by atoms with van der Waals surface area (Å²) >= 11 is 6.27. The molecule has 0 saturated heterocycles. The number of methoxy groups -OCH3 is 2. The molecular weight excluding hydrogens is 314 g/mol. The molecule has 0 spiro atoms. The van der Waals surface area contributed by atoms with Crippen molar-refractivity contribution < 1.29 is 9.47 Å². The third-order valence-electron chi connectivity index (χ3n) is 3.54. The maximum Gasteiger partial charge on any atom is 0.179 e. The Balaban J connectivity index is 2.08. The highest BCUT2D eigenvalue weighted by molar-refractivity contribution is 6.32. The van der Waals surface area contributed by atoms with Gasteiger partial charge in [0.15, 0.2) is 11.5 Å². The highest BCUT2D eigenvalue weighted by Gasteiger charge is 2.15. The van der Waals surface area contributed by atoms with Crippen LogP contribution in [0.25, 0.3) is 22.6 Å². The molecule has 0 aliphatic heterocycles. The third-order valence-corrected chi connectivity index (χ3v) is 3.82. The van der Waals surface area contributed by atoms with Crippen molar-refractivity contribution in [2.24, 2.45) is 0 Å². The zero-order chi connectivity index (χ0) is 16.4. The zero-order valence-electron chi connectivity index (χ0n) is 13.1. The Kier molecular flexibility index (Phi) is 4.21.